The zero-order valence-corrected chi connectivity index (χ0v) is 9.59. The lowest BCUT2D eigenvalue weighted by Gasteiger charge is -2.14. The smallest absolute Gasteiger partial charge is 0.239 e. The molecule has 1 aromatic heterocycles. The molecule has 82 valence electrons. The first kappa shape index (κ1) is 10.6. The van der Waals surface area contributed by atoms with Crippen LogP contribution in [0.4, 0.5) is 0 Å². The van der Waals surface area contributed by atoms with E-state index in [1.165, 1.54) is 0 Å². The van der Waals surface area contributed by atoms with Crippen LogP contribution in [0.1, 0.15) is 17.1 Å². The Morgan fingerprint density at radius 3 is 3.07 bits per heavy atom. The number of likely N-dealkylation sites (tertiary alicyclic amines) is 1. The molecule has 2 N–H and O–H groups in total. The normalized spacial score (nSPS) is 21.3. The second kappa shape index (κ2) is 4.28. The van der Waals surface area contributed by atoms with Crippen LogP contribution in [0.3, 0.4) is 0 Å². The van der Waals surface area contributed by atoms with E-state index in [0.717, 1.165) is 36.6 Å². The van der Waals surface area contributed by atoms with Crippen molar-refractivity contribution in [2.75, 3.05) is 13.1 Å². The number of carbonyl (C=O) groups excluding carboxylic acids is 1. The first-order chi connectivity index (χ1) is 7.16. The van der Waals surface area contributed by atoms with Crippen molar-refractivity contribution in [3.05, 3.63) is 16.1 Å². The van der Waals surface area contributed by atoms with Crippen molar-refractivity contribution in [2.45, 2.75) is 25.8 Å². The minimum absolute atomic E-state index is 0.0851. The number of nitrogens with zero attached hydrogens (tertiary/aromatic N) is 2. The summed E-state index contributed by atoms with van der Waals surface area (Å²) in [5.41, 5.74) is 6.71. The monoisotopic (exact) mass is 225 g/mol. The molecule has 15 heavy (non-hydrogen) atoms. The van der Waals surface area contributed by atoms with E-state index in [0.29, 0.717) is 0 Å². The molecule has 5 heteroatoms. The molecule has 0 aromatic carbocycles. The number of carbonyl (C=O) groups is 1. The Balaban J connectivity index is 1.86. The summed E-state index contributed by atoms with van der Waals surface area (Å²) in [5.74, 6) is 0.0851. The van der Waals surface area contributed by atoms with E-state index in [2.05, 4.69) is 10.4 Å². The molecule has 1 aliphatic heterocycles. The number of aryl methyl sites for hydroxylation is 1. The van der Waals surface area contributed by atoms with E-state index in [-0.39, 0.29) is 11.9 Å². The SMILES string of the molecule is Cc1nc(CCN2CCC(N)C2=O)cs1. The summed E-state index contributed by atoms with van der Waals surface area (Å²) in [4.78, 5) is 17.7. The van der Waals surface area contributed by atoms with Gasteiger partial charge in [-0.3, -0.25) is 4.79 Å². The van der Waals surface area contributed by atoms with Crippen LogP contribution in [0.15, 0.2) is 5.38 Å². The van der Waals surface area contributed by atoms with Gasteiger partial charge in [0.05, 0.1) is 16.7 Å². The van der Waals surface area contributed by atoms with E-state index in [1.54, 1.807) is 11.3 Å². The van der Waals surface area contributed by atoms with Crippen molar-refractivity contribution in [1.29, 1.82) is 0 Å². The Labute approximate surface area is 93.1 Å². The fourth-order valence-corrected chi connectivity index (χ4v) is 2.40. The maximum atomic E-state index is 11.5. The largest absolute Gasteiger partial charge is 0.341 e. The van der Waals surface area contributed by atoms with E-state index in [9.17, 15) is 4.79 Å². The first-order valence-electron chi connectivity index (χ1n) is 5.12. The van der Waals surface area contributed by atoms with Gasteiger partial charge >= 0.3 is 0 Å². The third-order valence-corrected chi connectivity index (χ3v) is 3.47. The second-order valence-electron chi connectivity index (χ2n) is 3.83. The molecule has 0 spiro atoms. The lowest BCUT2D eigenvalue weighted by molar-refractivity contribution is -0.128. The van der Waals surface area contributed by atoms with E-state index in [4.69, 9.17) is 5.73 Å². The summed E-state index contributed by atoms with van der Waals surface area (Å²) < 4.78 is 0. The number of hydrogen-bond acceptors (Lipinski definition) is 4. The average molecular weight is 225 g/mol. The molecule has 1 amide bonds. The van der Waals surface area contributed by atoms with Gasteiger partial charge in [0.1, 0.15) is 0 Å². The van der Waals surface area contributed by atoms with Gasteiger partial charge in [-0.25, -0.2) is 4.98 Å². The number of nitrogens with two attached hydrogens (primary N) is 1. The van der Waals surface area contributed by atoms with Crippen molar-refractivity contribution in [3.8, 4) is 0 Å². The number of aromatic nitrogens is 1. The predicted molar refractivity (Wildman–Crippen MR) is 59.7 cm³/mol. The second-order valence-corrected chi connectivity index (χ2v) is 4.89. The van der Waals surface area contributed by atoms with Crippen molar-refractivity contribution in [3.63, 3.8) is 0 Å². The molecular weight excluding hydrogens is 210 g/mol. The molecule has 4 nitrogen and oxygen atoms in total. The molecule has 1 atom stereocenters. The molecule has 0 bridgehead atoms. The van der Waals surface area contributed by atoms with Crippen LogP contribution in [0.5, 0.6) is 0 Å². The number of rotatable bonds is 3. The first-order valence-corrected chi connectivity index (χ1v) is 6.00. The van der Waals surface area contributed by atoms with Gasteiger partial charge in [-0.15, -0.1) is 11.3 Å². The molecule has 1 saturated heterocycles. The van der Waals surface area contributed by atoms with Gasteiger partial charge in [-0.05, 0) is 13.3 Å². The lowest BCUT2D eigenvalue weighted by Crippen LogP contribution is -2.35. The van der Waals surface area contributed by atoms with Gasteiger partial charge in [-0.1, -0.05) is 0 Å². The number of hydrogen-bond donors (Lipinski definition) is 1. The summed E-state index contributed by atoms with van der Waals surface area (Å²) in [7, 11) is 0. The van der Waals surface area contributed by atoms with Crippen molar-refractivity contribution < 1.29 is 4.79 Å². The summed E-state index contributed by atoms with van der Waals surface area (Å²) in [6, 6.07) is -0.276. The van der Waals surface area contributed by atoms with Crippen LogP contribution >= 0.6 is 11.3 Å². The molecule has 2 heterocycles. The van der Waals surface area contributed by atoms with E-state index in [1.807, 2.05) is 11.8 Å². The summed E-state index contributed by atoms with van der Waals surface area (Å²) in [5, 5.41) is 3.13. The molecule has 1 unspecified atom stereocenters. The molecule has 1 fully saturated rings. The average Bonchev–Trinajstić information content (AvgIpc) is 2.74. The van der Waals surface area contributed by atoms with Crippen molar-refractivity contribution in [1.82, 2.24) is 9.88 Å². The maximum absolute atomic E-state index is 11.5. The number of thiazole rings is 1. The van der Waals surface area contributed by atoms with Crippen LogP contribution in [-0.4, -0.2) is 34.9 Å². The van der Waals surface area contributed by atoms with E-state index >= 15 is 0 Å². The minimum Gasteiger partial charge on any atom is -0.341 e. The van der Waals surface area contributed by atoms with Gasteiger partial charge in [0.2, 0.25) is 5.91 Å². The highest BCUT2D eigenvalue weighted by Crippen LogP contribution is 2.12. The highest BCUT2D eigenvalue weighted by Gasteiger charge is 2.27. The topological polar surface area (TPSA) is 59.2 Å². The Hall–Kier alpha value is -0.940. The molecule has 2 rings (SSSR count). The van der Waals surface area contributed by atoms with E-state index < -0.39 is 0 Å². The summed E-state index contributed by atoms with van der Waals surface area (Å²) in [6.07, 6.45) is 1.62. The van der Waals surface area contributed by atoms with Gasteiger partial charge in [-0.2, -0.15) is 0 Å². The molecular formula is C10H15N3OS. The maximum Gasteiger partial charge on any atom is 0.239 e. The summed E-state index contributed by atoms with van der Waals surface area (Å²) in [6.45, 7) is 3.53. The lowest BCUT2D eigenvalue weighted by atomic mass is 10.3. The van der Waals surface area contributed by atoms with Crippen LogP contribution in [-0.2, 0) is 11.2 Å². The van der Waals surface area contributed by atoms with Gasteiger partial charge in [0, 0.05) is 24.9 Å². The summed E-state index contributed by atoms with van der Waals surface area (Å²) >= 11 is 1.65. The van der Waals surface area contributed by atoms with Crippen LogP contribution < -0.4 is 5.73 Å². The fourth-order valence-electron chi connectivity index (χ4n) is 1.76. The molecule has 0 saturated carbocycles. The Morgan fingerprint density at radius 2 is 2.53 bits per heavy atom. The predicted octanol–water partition coefficient (Wildman–Crippen LogP) is 0.554. The molecule has 1 aromatic rings. The van der Waals surface area contributed by atoms with Crippen LogP contribution in [0.2, 0.25) is 0 Å². The van der Waals surface area contributed by atoms with Gasteiger partial charge < -0.3 is 10.6 Å². The third-order valence-electron chi connectivity index (χ3n) is 2.64. The highest BCUT2D eigenvalue weighted by atomic mass is 32.1. The molecule has 0 radical (unpaired) electrons. The molecule has 0 aliphatic carbocycles. The Kier molecular flexibility index (Phi) is 3.02. The van der Waals surface area contributed by atoms with Crippen molar-refractivity contribution >= 4 is 17.2 Å². The zero-order chi connectivity index (χ0) is 10.8. The Morgan fingerprint density at radius 1 is 1.73 bits per heavy atom. The molecule has 1 aliphatic rings. The fraction of sp³-hybridized carbons (Fsp3) is 0.600. The quantitative estimate of drug-likeness (QED) is 0.817. The van der Waals surface area contributed by atoms with Crippen molar-refractivity contribution in [2.24, 2.45) is 5.73 Å². The standard InChI is InChI=1S/C10H15N3OS/c1-7-12-8(6-15-7)2-4-13-5-3-9(11)10(13)14/h6,9H,2-5,11H2,1H3. The van der Waals surface area contributed by atoms with Crippen LogP contribution in [0.25, 0.3) is 0 Å². The zero-order valence-electron chi connectivity index (χ0n) is 8.77. The van der Waals surface area contributed by atoms with Gasteiger partial charge in [0.25, 0.3) is 0 Å². The highest BCUT2D eigenvalue weighted by molar-refractivity contribution is 7.09. The number of amides is 1. The Bertz CT molecular complexity index is 363. The van der Waals surface area contributed by atoms with Crippen LogP contribution in [0, 0.1) is 6.92 Å². The third kappa shape index (κ3) is 2.35. The van der Waals surface area contributed by atoms with Gasteiger partial charge in [0.15, 0.2) is 0 Å². The minimum atomic E-state index is -0.276.